The normalized spacial score (nSPS) is 24.0. The maximum absolute atomic E-state index is 13.6. The third kappa shape index (κ3) is 3.76. The molecule has 33 heavy (non-hydrogen) atoms. The van der Waals surface area contributed by atoms with Crippen molar-refractivity contribution in [2.75, 3.05) is 0 Å². The van der Waals surface area contributed by atoms with E-state index >= 15 is 0 Å². The standard InChI is InChI=1S/C28H24N2O3/c1-18-9-8-14-21(17-18)26(31)29-30-27(32)24-22(19-10-4-2-5-11-19)15-16-23(25(24)28(30)33)20-12-6-3-7-13-20/h2-17,22-25H,1H3,(H,29,31)/t22-,23-,24-,25+/m1/s1. The average molecular weight is 437 g/mol. The van der Waals surface area contributed by atoms with Crippen molar-refractivity contribution in [2.45, 2.75) is 18.8 Å². The molecule has 0 spiro atoms. The number of hydrazine groups is 1. The molecule has 0 radical (unpaired) electrons. The van der Waals surface area contributed by atoms with Gasteiger partial charge in [-0.1, -0.05) is 90.5 Å². The number of fused-ring (bicyclic) bond motifs is 1. The van der Waals surface area contributed by atoms with E-state index in [2.05, 4.69) is 5.43 Å². The summed E-state index contributed by atoms with van der Waals surface area (Å²) < 4.78 is 0. The predicted octanol–water partition coefficient (Wildman–Crippen LogP) is 4.38. The Kier molecular flexibility index (Phi) is 5.38. The number of benzene rings is 3. The van der Waals surface area contributed by atoms with Gasteiger partial charge in [0.05, 0.1) is 11.8 Å². The van der Waals surface area contributed by atoms with Gasteiger partial charge in [0.15, 0.2) is 0 Å². The van der Waals surface area contributed by atoms with Crippen molar-refractivity contribution >= 4 is 17.7 Å². The SMILES string of the molecule is Cc1cccc(C(=O)NN2C(=O)[C@@H]3[C@H](C2=O)[C@@H](c2ccccc2)C=C[C@@H]3c2ccccc2)c1. The Bertz CT molecular complexity index is 1170. The van der Waals surface area contributed by atoms with Crippen molar-refractivity contribution in [1.29, 1.82) is 0 Å². The van der Waals surface area contributed by atoms with Crippen LogP contribution in [-0.4, -0.2) is 22.7 Å². The smallest absolute Gasteiger partial charge is 0.270 e. The van der Waals surface area contributed by atoms with Crippen LogP contribution in [0.15, 0.2) is 97.1 Å². The third-order valence-electron chi connectivity index (χ3n) is 6.56. The molecule has 1 saturated heterocycles. The van der Waals surface area contributed by atoms with Crippen molar-refractivity contribution in [1.82, 2.24) is 10.4 Å². The fourth-order valence-electron chi connectivity index (χ4n) is 5.00. The molecule has 0 aromatic heterocycles. The number of nitrogens with zero attached hydrogens (tertiary/aromatic N) is 1. The molecule has 0 saturated carbocycles. The summed E-state index contributed by atoms with van der Waals surface area (Å²) in [5.74, 6) is -2.88. The fraction of sp³-hybridized carbons (Fsp3) is 0.179. The van der Waals surface area contributed by atoms with Gasteiger partial charge in [0.25, 0.3) is 17.7 Å². The minimum atomic E-state index is -0.590. The molecule has 1 aliphatic carbocycles. The molecule has 2 aliphatic rings. The van der Waals surface area contributed by atoms with Crippen LogP contribution in [0.4, 0.5) is 0 Å². The number of imide groups is 1. The summed E-state index contributed by atoms with van der Waals surface area (Å²) in [6, 6.07) is 26.5. The minimum absolute atomic E-state index is 0.242. The van der Waals surface area contributed by atoms with Crippen molar-refractivity contribution in [3.8, 4) is 0 Å². The Hall–Kier alpha value is -3.99. The van der Waals surface area contributed by atoms with Gasteiger partial charge >= 0.3 is 0 Å². The minimum Gasteiger partial charge on any atom is -0.272 e. The Balaban J connectivity index is 1.52. The van der Waals surface area contributed by atoms with E-state index in [1.54, 1.807) is 18.2 Å². The molecule has 3 aromatic carbocycles. The van der Waals surface area contributed by atoms with Crippen molar-refractivity contribution in [3.05, 3.63) is 119 Å². The molecule has 1 N–H and O–H groups in total. The molecule has 5 rings (SSSR count). The van der Waals surface area contributed by atoms with E-state index in [1.807, 2.05) is 85.8 Å². The van der Waals surface area contributed by atoms with Gasteiger partial charge < -0.3 is 0 Å². The number of hydrogen-bond donors (Lipinski definition) is 1. The highest BCUT2D eigenvalue weighted by Gasteiger charge is 2.55. The van der Waals surface area contributed by atoms with E-state index in [4.69, 9.17) is 0 Å². The molecule has 4 atom stereocenters. The van der Waals surface area contributed by atoms with Gasteiger partial charge in [-0.05, 0) is 30.2 Å². The van der Waals surface area contributed by atoms with Crippen molar-refractivity contribution < 1.29 is 14.4 Å². The quantitative estimate of drug-likeness (QED) is 0.488. The maximum Gasteiger partial charge on any atom is 0.270 e. The topological polar surface area (TPSA) is 66.5 Å². The van der Waals surface area contributed by atoms with Gasteiger partial charge in [-0.3, -0.25) is 19.8 Å². The van der Waals surface area contributed by atoms with E-state index in [-0.39, 0.29) is 23.7 Å². The van der Waals surface area contributed by atoms with Crippen LogP contribution in [0, 0.1) is 18.8 Å². The number of allylic oxidation sites excluding steroid dienone is 2. The first-order valence-corrected chi connectivity index (χ1v) is 11.1. The Morgan fingerprint density at radius 3 is 1.73 bits per heavy atom. The van der Waals surface area contributed by atoms with Crippen LogP contribution in [0.5, 0.6) is 0 Å². The zero-order valence-corrected chi connectivity index (χ0v) is 18.2. The molecule has 1 heterocycles. The molecule has 3 amide bonds. The number of carbonyl (C=O) groups excluding carboxylic acids is 3. The number of aryl methyl sites for hydroxylation is 1. The van der Waals surface area contributed by atoms with Crippen LogP contribution in [0.1, 0.15) is 38.9 Å². The predicted molar refractivity (Wildman–Crippen MR) is 125 cm³/mol. The lowest BCUT2D eigenvalue weighted by Crippen LogP contribution is -2.46. The molecule has 0 bridgehead atoms. The van der Waals surface area contributed by atoms with E-state index < -0.39 is 17.7 Å². The van der Waals surface area contributed by atoms with Gasteiger partial charge in [0, 0.05) is 17.4 Å². The van der Waals surface area contributed by atoms with Gasteiger partial charge in [-0.25, -0.2) is 0 Å². The van der Waals surface area contributed by atoms with Crippen LogP contribution in [0.3, 0.4) is 0 Å². The van der Waals surface area contributed by atoms with Crippen LogP contribution in [-0.2, 0) is 9.59 Å². The summed E-state index contributed by atoms with van der Waals surface area (Å²) in [4.78, 5) is 40.1. The summed E-state index contributed by atoms with van der Waals surface area (Å²) >= 11 is 0. The zero-order valence-electron chi connectivity index (χ0n) is 18.2. The van der Waals surface area contributed by atoms with Crippen LogP contribution >= 0.6 is 0 Å². The second-order valence-corrected chi connectivity index (χ2v) is 8.63. The lowest BCUT2D eigenvalue weighted by molar-refractivity contribution is -0.142. The van der Waals surface area contributed by atoms with Gasteiger partial charge in [-0.15, -0.1) is 0 Å². The van der Waals surface area contributed by atoms with E-state index in [9.17, 15) is 14.4 Å². The average Bonchev–Trinajstić information content (AvgIpc) is 3.10. The summed E-state index contributed by atoms with van der Waals surface area (Å²) in [5.41, 5.74) is 5.87. The first kappa shape index (κ1) is 20.9. The Labute approximate surface area is 192 Å². The molecule has 5 heteroatoms. The second-order valence-electron chi connectivity index (χ2n) is 8.63. The molecule has 164 valence electrons. The molecular weight excluding hydrogens is 412 g/mol. The summed E-state index contributed by atoms with van der Waals surface area (Å²) in [7, 11) is 0. The Morgan fingerprint density at radius 1 is 0.727 bits per heavy atom. The number of hydrogen-bond acceptors (Lipinski definition) is 3. The zero-order chi connectivity index (χ0) is 22.9. The highest BCUT2D eigenvalue weighted by Crippen LogP contribution is 2.48. The molecule has 1 aliphatic heterocycles. The van der Waals surface area contributed by atoms with Gasteiger partial charge in [-0.2, -0.15) is 5.01 Å². The van der Waals surface area contributed by atoms with E-state index in [0.29, 0.717) is 5.56 Å². The maximum atomic E-state index is 13.6. The lowest BCUT2D eigenvalue weighted by atomic mass is 9.68. The molecule has 0 unspecified atom stereocenters. The molecule has 5 nitrogen and oxygen atoms in total. The van der Waals surface area contributed by atoms with Crippen molar-refractivity contribution in [2.24, 2.45) is 11.8 Å². The first-order chi connectivity index (χ1) is 16.0. The van der Waals surface area contributed by atoms with E-state index in [0.717, 1.165) is 21.7 Å². The highest BCUT2D eigenvalue weighted by molar-refractivity contribution is 6.09. The monoisotopic (exact) mass is 436 g/mol. The number of amides is 3. The molecule has 3 aromatic rings. The summed E-state index contributed by atoms with van der Waals surface area (Å²) in [5, 5.41) is 0.943. The summed E-state index contributed by atoms with van der Waals surface area (Å²) in [6.45, 7) is 1.89. The van der Waals surface area contributed by atoms with Gasteiger partial charge in [0.2, 0.25) is 0 Å². The lowest BCUT2D eigenvalue weighted by Gasteiger charge is -2.32. The highest BCUT2D eigenvalue weighted by atomic mass is 16.2. The number of nitrogens with one attached hydrogen (secondary N) is 1. The third-order valence-corrected chi connectivity index (χ3v) is 6.56. The van der Waals surface area contributed by atoms with Gasteiger partial charge in [0.1, 0.15) is 0 Å². The fourth-order valence-corrected chi connectivity index (χ4v) is 5.00. The largest absolute Gasteiger partial charge is 0.272 e. The van der Waals surface area contributed by atoms with E-state index in [1.165, 1.54) is 0 Å². The Morgan fingerprint density at radius 2 is 1.24 bits per heavy atom. The first-order valence-electron chi connectivity index (χ1n) is 11.1. The number of carbonyl (C=O) groups is 3. The summed E-state index contributed by atoms with van der Waals surface area (Å²) in [6.07, 6.45) is 4.07. The second kappa shape index (κ2) is 8.51. The molecular formula is C28H24N2O3. The number of rotatable bonds is 4. The van der Waals surface area contributed by atoms with Crippen LogP contribution in [0.25, 0.3) is 0 Å². The van der Waals surface area contributed by atoms with Crippen molar-refractivity contribution in [3.63, 3.8) is 0 Å². The van der Waals surface area contributed by atoms with Crippen LogP contribution in [0.2, 0.25) is 0 Å². The van der Waals surface area contributed by atoms with Crippen LogP contribution < -0.4 is 5.43 Å². The molecule has 1 fully saturated rings.